The highest BCUT2D eigenvalue weighted by atomic mass is 16.4. The molecule has 1 atom stereocenters. The van der Waals surface area contributed by atoms with Crippen LogP contribution in [0.4, 0.5) is 0 Å². The number of benzene rings is 2. The lowest BCUT2D eigenvalue weighted by atomic mass is 9.80. The Morgan fingerprint density at radius 1 is 0.950 bits per heavy atom. The first-order valence-electron chi connectivity index (χ1n) is 5.96. The summed E-state index contributed by atoms with van der Waals surface area (Å²) in [6.45, 7) is 0. The molecule has 0 aliphatic carbocycles. The van der Waals surface area contributed by atoms with E-state index in [9.17, 15) is 9.90 Å². The van der Waals surface area contributed by atoms with Gasteiger partial charge in [0.15, 0.2) is 5.78 Å². The standard InChI is InChI=1S/C14H13BO5/c16-12-7-3-10(4-8-12)14(18)13(17)9-1-5-11(6-2-9)15(19)20/h1-8,14,16,18-20H. The molecule has 2 rings (SSSR count). The van der Waals surface area contributed by atoms with Crippen molar-refractivity contribution in [1.82, 2.24) is 0 Å². The maximum atomic E-state index is 12.1. The minimum absolute atomic E-state index is 0.0506. The van der Waals surface area contributed by atoms with E-state index in [2.05, 4.69) is 0 Å². The van der Waals surface area contributed by atoms with Gasteiger partial charge in [-0.25, -0.2) is 0 Å². The third kappa shape index (κ3) is 3.05. The quantitative estimate of drug-likeness (QED) is 0.463. The smallest absolute Gasteiger partial charge is 0.488 e. The summed E-state index contributed by atoms with van der Waals surface area (Å²) in [6, 6.07) is 11.3. The number of aromatic hydroxyl groups is 1. The molecule has 0 amide bonds. The van der Waals surface area contributed by atoms with Crippen LogP contribution >= 0.6 is 0 Å². The van der Waals surface area contributed by atoms with Crippen LogP contribution in [0.2, 0.25) is 0 Å². The zero-order valence-corrected chi connectivity index (χ0v) is 10.5. The molecule has 4 N–H and O–H groups in total. The van der Waals surface area contributed by atoms with E-state index in [0.29, 0.717) is 5.56 Å². The van der Waals surface area contributed by atoms with Gasteiger partial charge in [0, 0.05) is 5.56 Å². The predicted octanol–water partition coefficient (Wildman–Crippen LogP) is -0.0117. The van der Waals surface area contributed by atoms with Gasteiger partial charge in [-0.1, -0.05) is 36.4 Å². The van der Waals surface area contributed by atoms with E-state index in [1.165, 1.54) is 48.5 Å². The topological polar surface area (TPSA) is 98.0 Å². The van der Waals surface area contributed by atoms with Crippen molar-refractivity contribution in [3.63, 3.8) is 0 Å². The lowest BCUT2D eigenvalue weighted by Gasteiger charge is -2.10. The number of hydrogen-bond acceptors (Lipinski definition) is 5. The molecule has 6 heteroatoms. The average Bonchev–Trinajstić information content (AvgIpc) is 2.46. The van der Waals surface area contributed by atoms with Crippen molar-refractivity contribution in [1.29, 1.82) is 0 Å². The van der Waals surface area contributed by atoms with E-state index in [0.717, 1.165) is 0 Å². The van der Waals surface area contributed by atoms with Crippen LogP contribution in [-0.4, -0.2) is 33.2 Å². The number of carbonyl (C=O) groups excluding carboxylic acids is 1. The van der Waals surface area contributed by atoms with Gasteiger partial charge in [-0.3, -0.25) is 4.79 Å². The second-order valence-corrected chi connectivity index (χ2v) is 4.35. The zero-order chi connectivity index (χ0) is 14.7. The molecule has 0 bridgehead atoms. The van der Waals surface area contributed by atoms with E-state index in [-0.39, 0.29) is 16.8 Å². The van der Waals surface area contributed by atoms with Crippen LogP contribution in [0.3, 0.4) is 0 Å². The number of rotatable bonds is 4. The third-order valence-electron chi connectivity index (χ3n) is 2.95. The van der Waals surface area contributed by atoms with Crippen molar-refractivity contribution in [3.05, 3.63) is 59.7 Å². The van der Waals surface area contributed by atoms with Crippen LogP contribution in [0.15, 0.2) is 48.5 Å². The Hall–Kier alpha value is -2.15. The summed E-state index contributed by atoms with van der Waals surface area (Å²) < 4.78 is 0. The third-order valence-corrected chi connectivity index (χ3v) is 2.95. The molecule has 0 saturated heterocycles. The van der Waals surface area contributed by atoms with Gasteiger partial charge in [0.2, 0.25) is 0 Å². The van der Waals surface area contributed by atoms with Gasteiger partial charge in [0.1, 0.15) is 11.9 Å². The number of ketones is 1. The first kappa shape index (κ1) is 14.3. The van der Waals surface area contributed by atoms with Gasteiger partial charge >= 0.3 is 7.12 Å². The zero-order valence-electron chi connectivity index (χ0n) is 10.5. The number of Topliss-reactive ketones (excluding diaryl/α,β-unsaturated/α-hetero) is 1. The van der Waals surface area contributed by atoms with Crippen LogP contribution in [0.5, 0.6) is 5.75 Å². The predicted molar refractivity (Wildman–Crippen MR) is 73.7 cm³/mol. The van der Waals surface area contributed by atoms with Gasteiger partial charge in [-0.2, -0.15) is 0 Å². The molecule has 2 aromatic rings. The summed E-state index contributed by atoms with van der Waals surface area (Å²) in [7, 11) is -1.60. The van der Waals surface area contributed by atoms with Gasteiger partial charge in [-0.05, 0) is 23.2 Å². The fourth-order valence-corrected chi connectivity index (χ4v) is 1.79. The summed E-state index contributed by atoms with van der Waals surface area (Å²) in [5.41, 5.74) is 0.898. The van der Waals surface area contributed by atoms with E-state index >= 15 is 0 Å². The summed E-state index contributed by atoms with van der Waals surface area (Å²) >= 11 is 0. The highest BCUT2D eigenvalue weighted by Gasteiger charge is 2.20. The molecule has 0 aliphatic rings. The molecule has 0 spiro atoms. The molecule has 2 aromatic carbocycles. The Morgan fingerprint density at radius 2 is 1.50 bits per heavy atom. The average molecular weight is 272 g/mol. The lowest BCUT2D eigenvalue weighted by molar-refractivity contribution is 0.0747. The van der Waals surface area contributed by atoms with Crippen LogP contribution in [0.25, 0.3) is 0 Å². The highest BCUT2D eigenvalue weighted by molar-refractivity contribution is 6.58. The van der Waals surface area contributed by atoms with E-state index in [1.807, 2.05) is 0 Å². The minimum atomic E-state index is -1.60. The fraction of sp³-hybridized carbons (Fsp3) is 0.0714. The molecule has 0 heterocycles. The van der Waals surface area contributed by atoms with Crippen LogP contribution in [-0.2, 0) is 0 Å². The molecule has 0 aliphatic heterocycles. The molecule has 0 radical (unpaired) electrons. The van der Waals surface area contributed by atoms with E-state index in [4.69, 9.17) is 15.2 Å². The van der Waals surface area contributed by atoms with Crippen molar-refractivity contribution in [3.8, 4) is 5.75 Å². The number of phenolic OH excluding ortho intramolecular Hbond substituents is 1. The molecule has 5 nitrogen and oxygen atoms in total. The van der Waals surface area contributed by atoms with Gasteiger partial charge < -0.3 is 20.3 Å². The largest absolute Gasteiger partial charge is 0.508 e. The normalized spacial score (nSPS) is 11.9. The SMILES string of the molecule is O=C(c1ccc(B(O)O)cc1)C(O)c1ccc(O)cc1. The second kappa shape index (κ2) is 5.87. The van der Waals surface area contributed by atoms with Crippen molar-refractivity contribution in [2.75, 3.05) is 0 Å². The van der Waals surface area contributed by atoms with Crippen molar-refractivity contribution >= 4 is 18.4 Å². The summed E-state index contributed by atoms with van der Waals surface area (Å²) in [5, 5.41) is 37.1. The van der Waals surface area contributed by atoms with Crippen LogP contribution in [0, 0.1) is 0 Å². The first-order valence-corrected chi connectivity index (χ1v) is 5.96. The second-order valence-electron chi connectivity index (χ2n) is 4.35. The number of carbonyl (C=O) groups is 1. The Bertz CT molecular complexity index is 592. The number of aliphatic hydroxyl groups is 1. The monoisotopic (exact) mass is 272 g/mol. The number of phenols is 1. The summed E-state index contributed by atoms with van der Waals surface area (Å²) in [4.78, 5) is 12.1. The number of hydrogen-bond donors (Lipinski definition) is 4. The molecule has 0 aromatic heterocycles. The maximum absolute atomic E-state index is 12.1. The van der Waals surface area contributed by atoms with Gasteiger partial charge in [0.05, 0.1) is 0 Å². The van der Waals surface area contributed by atoms with E-state index < -0.39 is 19.0 Å². The summed E-state index contributed by atoms with van der Waals surface area (Å²) in [5.74, 6) is -0.454. The lowest BCUT2D eigenvalue weighted by Crippen LogP contribution is -2.29. The Kier molecular flexibility index (Phi) is 4.19. The molecular weight excluding hydrogens is 259 g/mol. The molecule has 102 valence electrons. The maximum Gasteiger partial charge on any atom is 0.488 e. The Labute approximate surface area is 115 Å². The van der Waals surface area contributed by atoms with Crippen molar-refractivity contribution in [2.45, 2.75) is 6.10 Å². The molecule has 1 unspecified atom stereocenters. The van der Waals surface area contributed by atoms with Gasteiger partial charge in [0.25, 0.3) is 0 Å². The van der Waals surface area contributed by atoms with Crippen molar-refractivity contribution < 1.29 is 25.1 Å². The van der Waals surface area contributed by atoms with Crippen molar-refractivity contribution in [2.24, 2.45) is 0 Å². The first-order chi connectivity index (χ1) is 9.49. The van der Waals surface area contributed by atoms with Crippen LogP contribution < -0.4 is 5.46 Å². The summed E-state index contributed by atoms with van der Waals surface area (Å²) in [6.07, 6.45) is -1.33. The Balaban J connectivity index is 2.20. The number of aliphatic hydroxyl groups excluding tert-OH is 1. The fourth-order valence-electron chi connectivity index (χ4n) is 1.79. The molecule has 0 fully saturated rings. The van der Waals surface area contributed by atoms with Gasteiger partial charge in [-0.15, -0.1) is 0 Å². The highest BCUT2D eigenvalue weighted by Crippen LogP contribution is 2.20. The van der Waals surface area contributed by atoms with E-state index in [1.54, 1.807) is 0 Å². The molecular formula is C14H13BO5. The Morgan fingerprint density at radius 3 is 2.00 bits per heavy atom. The molecule has 20 heavy (non-hydrogen) atoms. The van der Waals surface area contributed by atoms with Crippen LogP contribution in [0.1, 0.15) is 22.0 Å². The minimum Gasteiger partial charge on any atom is -0.508 e. The molecule has 0 saturated carbocycles.